The molecule has 1 aromatic carbocycles. The number of halogens is 2. The molecular weight excluding hydrogens is 319 g/mol. The van der Waals surface area contributed by atoms with Gasteiger partial charge in [-0.25, -0.2) is 9.37 Å². The SMILES string of the molecule is CC(C)(c1ccccc1F)c1c[nH]c2ncc(Br)cc12. The molecule has 0 saturated carbocycles. The minimum Gasteiger partial charge on any atom is -0.346 e. The lowest BCUT2D eigenvalue weighted by Crippen LogP contribution is -2.20. The van der Waals surface area contributed by atoms with Gasteiger partial charge in [-0.3, -0.25) is 0 Å². The van der Waals surface area contributed by atoms with Crippen LogP contribution in [0, 0.1) is 5.82 Å². The third-order valence-electron chi connectivity index (χ3n) is 3.72. The van der Waals surface area contributed by atoms with Gasteiger partial charge < -0.3 is 4.98 Å². The van der Waals surface area contributed by atoms with Gasteiger partial charge in [-0.05, 0) is 39.2 Å². The summed E-state index contributed by atoms with van der Waals surface area (Å²) in [5.74, 6) is -0.185. The topological polar surface area (TPSA) is 28.7 Å². The minimum absolute atomic E-state index is 0.185. The average Bonchev–Trinajstić information content (AvgIpc) is 2.82. The van der Waals surface area contributed by atoms with Crippen LogP contribution >= 0.6 is 15.9 Å². The van der Waals surface area contributed by atoms with Crippen LogP contribution in [0.25, 0.3) is 11.0 Å². The maximum Gasteiger partial charge on any atom is 0.137 e. The molecule has 3 aromatic rings. The number of hydrogen-bond acceptors (Lipinski definition) is 1. The number of hydrogen-bond donors (Lipinski definition) is 1. The first-order valence-corrected chi connectivity index (χ1v) is 7.17. The molecule has 0 fully saturated rings. The summed E-state index contributed by atoms with van der Waals surface area (Å²) in [5, 5.41) is 1.01. The van der Waals surface area contributed by atoms with Crippen LogP contribution < -0.4 is 0 Å². The summed E-state index contributed by atoms with van der Waals surface area (Å²) in [6, 6.07) is 8.92. The molecule has 0 aliphatic rings. The number of rotatable bonds is 2. The van der Waals surface area contributed by atoms with Gasteiger partial charge in [0, 0.05) is 27.7 Å². The van der Waals surface area contributed by atoms with Crippen LogP contribution in [0.2, 0.25) is 0 Å². The number of fused-ring (bicyclic) bond motifs is 1. The van der Waals surface area contributed by atoms with E-state index < -0.39 is 5.41 Å². The van der Waals surface area contributed by atoms with Crippen LogP contribution in [0.4, 0.5) is 4.39 Å². The van der Waals surface area contributed by atoms with Crippen LogP contribution in [0.15, 0.2) is 47.2 Å². The Bertz CT molecular complexity index is 777. The first-order chi connectivity index (χ1) is 9.50. The fourth-order valence-corrected chi connectivity index (χ4v) is 2.94. The number of benzene rings is 1. The second-order valence-electron chi connectivity index (χ2n) is 5.36. The molecule has 0 atom stereocenters. The van der Waals surface area contributed by atoms with Gasteiger partial charge in [-0.1, -0.05) is 32.0 Å². The van der Waals surface area contributed by atoms with E-state index in [4.69, 9.17) is 0 Å². The molecule has 2 heterocycles. The zero-order valence-electron chi connectivity index (χ0n) is 11.2. The first-order valence-electron chi connectivity index (χ1n) is 6.38. The fraction of sp³-hybridized carbons (Fsp3) is 0.188. The van der Waals surface area contributed by atoms with E-state index in [0.717, 1.165) is 21.1 Å². The summed E-state index contributed by atoms with van der Waals surface area (Å²) in [6.07, 6.45) is 3.66. The molecule has 0 spiro atoms. The molecule has 0 radical (unpaired) electrons. The zero-order valence-corrected chi connectivity index (χ0v) is 12.8. The lowest BCUT2D eigenvalue weighted by molar-refractivity contribution is 0.550. The number of H-pyrrole nitrogens is 1. The maximum absolute atomic E-state index is 14.1. The molecule has 0 saturated heterocycles. The number of aromatic amines is 1. The summed E-state index contributed by atoms with van der Waals surface area (Å²) in [5.41, 5.74) is 2.09. The third-order valence-corrected chi connectivity index (χ3v) is 4.15. The fourth-order valence-electron chi connectivity index (χ4n) is 2.61. The van der Waals surface area contributed by atoms with Crippen molar-refractivity contribution < 1.29 is 4.39 Å². The van der Waals surface area contributed by atoms with Gasteiger partial charge in [-0.2, -0.15) is 0 Å². The van der Waals surface area contributed by atoms with Gasteiger partial charge in [0.1, 0.15) is 11.5 Å². The molecule has 0 unspecified atom stereocenters. The van der Waals surface area contributed by atoms with Crippen LogP contribution in [0.3, 0.4) is 0 Å². The second-order valence-corrected chi connectivity index (χ2v) is 6.27. The zero-order chi connectivity index (χ0) is 14.3. The van der Waals surface area contributed by atoms with Crippen LogP contribution in [0.1, 0.15) is 25.0 Å². The number of aromatic nitrogens is 2. The third kappa shape index (κ3) is 2.04. The van der Waals surface area contributed by atoms with Crippen molar-refractivity contribution in [1.82, 2.24) is 9.97 Å². The molecule has 4 heteroatoms. The molecule has 0 aliphatic carbocycles. The normalized spacial score (nSPS) is 12.0. The molecule has 0 bridgehead atoms. The second kappa shape index (κ2) is 4.70. The molecule has 102 valence electrons. The highest BCUT2D eigenvalue weighted by atomic mass is 79.9. The summed E-state index contributed by atoms with van der Waals surface area (Å²) >= 11 is 3.44. The highest BCUT2D eigenvalue weighted by molar-refractivity contribution is 9.10. The smallest absolute Gasteiger partial charge is 0.137 e. The number of nitrogens with zero attached hydrogens (tertiary/aromatic N) is 1. The number of nitrogens with one attached hydrogen (secondary N) is 1. The van der Waals surface area contributed by atoms with Crippen molar-refractivity contribution in [2.75, 3.05) is 0 Å². The van der Waals surface area contributed by atoms with Gasteiger partial charge in [0.15, 0.2) is 0 Å². The summed E-state index contributed by atoms with van der Waals surface area (Å²) in [4.78, 5) is 7.49. The van der Waals surface area contributed by atoms with Crippen LogP contribution in [0.5, 0.6) is 0 Å². The Morgan fingerprint density at radius 1 is 1.20 bits per heavy atom. The Kier molecular flexibility index (Phi) is 3.13. The van der Waals surface area contributed by atoms with Gasteiger partial charge >= 0.3 is 0 Å². The van der Waals surface area contributed by atoms with E-state index in [0.29, 0.717) is 5.56 Å². The quantitative estimate of drug-likeness (QED) is 0.718. The molecular formula is C16H14BrFN2. The van der Waals surface area contributed by atoms with Crippen molar-refractivity contribution in [1.29, 1.82) is 0 Å². The van der Waals surface area contributed by atoms with E-state index >= 15 is 0 Å². The van der Waals surface area contributed by atoms with Crippen molar-refractivity contribution in [2.24, 2.45) is 0 Å². The Morgan fingerprint density at radius 3 is 2.70 bits per heavy atom. The van der Waals surface area contributed by atoms with Crippen molar-refractivity contribution >= 4 is 27.0 Å². The van der Waals surface area contributed by atoms with E-state index in [-0.39, 0.29) is 5.82 Å². The highest BCUT2D eigenvalue weighted by Gasteiger charge is 2.29. The van der Waals surface area contributed by atoms with Gasteiger partial charge in [-0.15, -0.1) is 0 Å². The molecule has 0 amide bonds. The standard InChI is InChI=1S/C16H14BrFN2/c1-16(2,12-5-3-4-6-14(12)18)13-9-20-15-11(13)7-10(17)8-19-15/h3-9H,1-2H3,(H,19,20). The molecule has 3 rings (SSSR count). The Balaban J connectivity index is 2.24. The van der Waals surface area contributed by atoms with E-state index in [1.54, 1.807) is 12.3 Å². The Morgan fingerprint density at radius 2 is 1.95 bits per heavy atom. The van der Waals surface area contributed by atoms with Crippen LogP contribution in [-0.4, -0.2) is 9.97 Å². The predicted octanol–water partition coefficient (Wildman–Crippen LogP) is 4.79. The van der Waals surface area contributed by atoms with E-state index in [2.05, 4.69) is 25.9 Å². The molecule has 2 aromatic heterocycles. The Hall–Kier alpha value is -1.68. The minimum atomic E-state index is -0.438. The van der Waals surface area contributed by atoms with Crippen molar-refractivity contribution in [2.45, 2.75) is 19.3 Å². The van der Waals surface area contributed by atoms with E-state index in [9.17, 15) is 4.39 Å². The van der Waals surface area contributed by atoms with Crippen molar-refractivity contribution in [3.8, 4) is 0 Å². The summed E-state index contributed by atoms with van der Waals surface area (Å²) < 4.78 is 15.0. The molecule has 0 aliphatic heterocycles. The molecule has 2 nitrogen and oxygen atoms in total. The van der Waals surface area contributed by atoms with Gasteiger partial charge in [0.2, 0.25) is 0 Å². The number of pyridine rings is 1. The largest absolute Gasteiger partial charge is 0.346 e. The van der Waals surface area contributed by atoms with Gasteiger partial charge in [0.25, 0.3) is 0 Å². The van der Waals surface area contributed by atoms with E-state index in [1.807, 2.05) is 38.2 Å². The van der Waals surface area contributed by atoms with E-state index in [1.165, 1.54) is 6.07 Å². The van der Waals surface area contributed by atoms with Crippen molar-refractivity contribution in [3.05, 3.63) is 64.1 Å². The summed E-state index contributed by atoms with van der Waals surface area (Å²) in [7, 11) is 0. The maximum atomic E-state index is 14.1. The highest BCUT2D eigenvalue weighted by Crippen LogP contribution is 2.37. The lowest BCUT2D eigenvalue weighted by Gasteiger charge is -2.25. The van der Waals surface area contributed by atoms with Crippen LogP contribution in [-0.2, 0) is 5.41 Å². The summed E-state index contributed by atoms with van der Waals surface area (Å²) in [6.45, 7) is 4.05. The molecule has 20 heavy (non-hydrogen) atoms. The molecule has 1 N–H and O–H groups in total. The van der Waals surface area contributed by atoms with Gasteiger partial charge in [0.05, 0.1) is 0 Å². The Labute approximate surface area is 125 Å². The first kappa shape index (κ1) is 13.3. The average molecular weight is 333 g/mol. The van der Waals surface area contributed by atoms with Crippen molar-refractivity contribution in [3.63, 3.8) is 0 Å². The lowest BCUT2D eigenvalue weighted by atomic mass is 9.78. The predicted molar refractivity (Wildman–Crippen MR) is 82.3 cm³/mol. The monoisotopic (exact) mass is 332 g/mol.